The van der Waals surface area contributed by atoms with E-state index < -0.39 is 0 Å². The van der Waals surface area contributed by atoms with E-state index in [0.29, 0.717) is 6.42 Å². The average molecular weight is 427 g/mol. The van der Waals surface area contributed by atoms with Crippen LogP contribution < -0.4 is 10.1 Å². The summed E-state index contributed by atoms with van der Waals surface area (Å²) in [6, 6.07) is 5.98. The Morgan fingerprint density at radius 1 is 1.23 bits per heavy atom. The number of methoxy groups -OCH3 is 1. The van der Waals surface area contributed by atoms with Crippen molar-refractivity contribution in [1.82, 2.24) is 4.90 Å². The molecule has 4 rings (SSSR count). The summed E-state index contributed by atoms with van der Waals surface area (Å²) in [6.07, 6.45) is 8.51. The molecule has 1 aromatic carbocycles. The van der Waals surface area contributed by atoms with Gasteiger partial charge in [0.05, 0.1) is 18.5 Å². The predicted octanol–water partition coefficient (Wildman–Crippen LogP) is 5.49. The molecule has 0 unspecified atom stereocenters. The van der Waals surface area contributed by atoms with E-state index in [1.165, 1.54) is 54.7 Å². The van der Waals surface area contributed by atoms with Crippen molar-refractivity contribution in [2.24, 2.45) is 5.92 Å². The van der Waals surface area contributed by atoms with Gasteiger partial charge in [0.25, 0.3) is 0 Å². The Balaban J connectivity index is 1.38. The van der Waals surface area contributed by atoms with Crippen LogP contribution in [0.2, 0.25) is 0 Å². The van der Waals surface area contributed by atoms with Gasteiger partial charge in [0, 0.05) is 24.5 Å². The fourth-order valence-corrected chi connectivity index (χ4v) is 6.14. The molecule has 1 aromatic heterocycles. The molecule has 30 heavy (non-hydrogen) atoms. The highest BCUT2D eigenvalue weighted by molar-refractivity contribution is 7.16. The van der Waals surface area contributed by atoms with E-state index in [-0.39, 0.29) is 5.91 Å². The Kier molecular flexibility index (Phi) is 6.79. The summed E-state index contributed by atoms with van der Waals surface area (Å²) in [4.78, 5) is 16.8. The molecule has 0 spiro atoms. The maximum Gasteiger partial charge on any atom is 0.229 e. The lowest BCUT2D eigenvalue weighted by Crippen LogP contribution is -2.34. The number of benzene rings is 1. The smallest absolute Gasteiger partial charge is 0.229 e. The number of rotatable bonds is 6. The van der Waals surface area contributed by atoms with E-state index in [1.807, 2.05) is 25.1 Å². The molecule has 1 N–H and O–H groups in total. The molecule has 2 aliphatic rings. The number of nitrogens with one attached hydrogen (secondary N) is 1. The van der Waals surface area contributed by atoms with E-state index in [0.717, 1.165) is 47.3 Å². The molecule has 5 heteroatoms. The number of hydrogen-bond donors (Lipinski definition) is 1. The van der Waals surface area contributed by atoms with Gasteiger partial charge in [0.1, 0.15) is 5.75 Å². The van der Waals surface area contributed by atoms with E-state index >= 15 is 0 Å². The molecule has 1 aliphatic carbocycles. The third kappa shape index (κ3) is 4.89. The summed E-state index contributed by atoms with van der Waals surface area (Å²) in [7, 11) is 1.67. The number of anilines is 1. The minimum atomic E-state index is 0.0432. The van der Waals surface area contributed by atoms with Gasteiger partial charge in [-0.05, 0) is 67.3 Å². The third-order valence-electron chi connectivity index (χ3n) is 6.72. The average Bonchev–Trinajstić information content (AvgIpc) is 3.05. The van der Waals surface area contributed by atoms with Crippen molar-refractivity contribution >= 4 is 22.2 Å². The number of ether oxygens (including phenoxy) is 1. The Morgan fingerprint density at radius 2 is 2.03 bits per heavy atom. The van der Waals surface area contributed by atoms with E-state index in [9.17, 15) is 4.79 Å². The van der Waals surface area contributed by atoms with Gasteiger partial charge in [-0.1, -0.05) is 31.4 Å². The second-order valence-corrected chi connectivity index (χ2v) is 10.1. The number of carbonyl (C=O) groups excluding carboxylic acids is 1. The fourth-order valence-electron chi connectivity index (χ4n) is 4.92. The lowest BCUT2D eigenvalue weighted by Gasteiger charge is -2.32. The molecule has 2 heterocycles. The van der Waals surface area contributed by atoms with Crippen LogP contribution in [0, 0.1) is 19.8 Å². The highest BCUT2D eigenvalue weighted by Crippen LogP contribution is 2.37. The zero-order valence-electron chi connectivity index (χ0n) is 18.6. The molecule has 2 aromatic rings. The topological polar surface area (TPSA) is 41.6 Å². The van der Waals surface area contributed by atoms with Gasteiger partial charge in [-0.25, -0.2) is 0 Å². The number of amides is 1. The summed E-state index contributed by atoms with van der Waals surface area (Å²) in [5, 5.41) is 4.22. The minimum Gasteiger partial charge on any atom is -0.496 e. The van der Waals surface area contributed by atoms with Gasteiger partial charge in [-0.15, -0.1) is 11.3 Å². The molecule has 0 radical (unpaired) electrons. The highest BCUT2D eigenvalue weighted by atomic mass is 32.1. The molecule has 4 nitrogen and oxygen atoms in total. The van der Waals surface area contributed by atoms with Crippen molar-refractivity contribution < 1.29 is 9.53 Å². The van der Waals surface area contributed by atoms with Crippen molar-refractivity contribution in [1.29, 1.82) is 0 Å². The van der Waals surface area contributed by atoms with Crippen LogP contribution in [-0.2, 0) is 24.2 Å². The molecule has 162 valence electrons. The predicted molar refractivity (Wildman–Crippen MR) is 125 cm³/mol. The first-order valence-corrected chi connectivity index (χ1v) is 12.1. The molecule has 0 atom stereocenters. The Labute approximate surface area is 184 Å². The number of carbonyl (C=O) groups is 1. The summed E-state index contributed by atoms with van der Waals surface area (Å²) < 4.78 is 5.39. The number of aryl methyl sites for hydroxylation is 1. The first kappa shape index (κ1) is 21.4. The van der Waals surface area contributed by atoms with Gasteiger partial charge in [-0.2, -0.15) is 0 Å². The molecule has 0 saturated heterocycles. The van der Waals surface area contributed by atoms with Crippen LogP contribution in [0.1, 0.15) is 59.2 Å². The van der Waals surface area contributed by atoms with Crippen molar-refractivity contribution in [3.8, 4) is 5.75 Å². The van der Waals surface area contributed by atoms with Crippen LogP contribution in [0.4, 0.5) is 5.00 Å². The molecular formula is C25H34N2O2S. The van der Waals surface area contributed by atoms with Gasteiger partial charge < -0.3 is 10.1 Å². The van der Waals surface area contributed by atoms with Crippen LogP contribution in [-0.4, -0.2) is 31.0 Å². The van der Waals surface area contributed by atoms with Crippen molar-refractivity contribution in [2.75, 3.05) is 25.5 Å². The monoisotopic (exact) mass is 426 g/mol. The van der Waals surface area contributed by atoms with Crippen LogP contribution in [0.15, 0.2) is 18.2 Å². The lowest BCUT2D eigenvalue weighted by atomic mass is 9.88. The van der Waals surface area contributed by atoms with E-state index in [1.54, 1.807) is 18.4 Å². The maximum absolute atomic E-state index is 12.7. The van der Waals surface area contributed by atoms with Crippen LogP contribution in [0.3, 0.4) is 0 Å². The maximum atomic E-state index is 12.7. The third-order valence-corrected chi connectivity index (χ3v) is 8.03. The first-order chi connectivity index (χ1) is 14.5. The number of thiophene rings is 1. The van der Waals surface area contributed by atoms with Crippen molar-refractivity contribution in [3.05, 3.63) is 45.3 Å². The normalized spacial score (nSPS) is 17.6. The van der Waals surface area contributed by atoms with E-state index in [4.69, 9.17) is 4.74 Å². The number of fused-ring (bicyclic) bond motifs is 1. The summed E-state index contributed by atoms with van der Waals surface area (Å²) in [6.45, 7) is 7.62. The standard InChI is InChI=1S/C25H34N2O2S/c1-17-9-10-20(13-22(17)29-3)14-24(28)26-25-18(2)21-16-27(12-11-23(21)30-25)15-19-7-5-4-6-8-19/h9-10,13,19H,4-8,11-12,14-16H2,1-3H3,(H,26,28). The number of hydrogen-bond acceptors (Lipinski definition) is 4. The quantitative estimate of drug-likeness (QED) is 0.664. The van der Waals surface area contributed by atoms with Gasteiger partial charge in [0.2, 0.25) is 5.91 Å². The van der Waals surface area contributed by atoms with Crippen molar-refractivity contribution in [2.45, 2.75) is 65.3 Å². The second kappa shape index (κ2) is 9.52. The molecular weight excluding hydrogens is 392 g/mol. The van der Waals surface area contributed by atoms with E-state index in [2.05, 4.69) is 17.1 Å². The summed E-state index contributed by atoms with van der Waals surface area (Å²) >= 11 is 1.78. The second-order valence-electron chi connectivity index (χ2n) is 8.98. The van der Waals surface area contributed by atoms with Crippen LogP contribution in [0.5, 0.6) is 5.75 Å². The van der Waals surface area contributed by atoms with Gasteiger partial charge in [-0.3, -0.25) is 9.69 Å². The molecule has 1 aliphatic heterocycles. The Bertz CT molecular complexity index is 899. The molecule has 0 bridgehead atoms. The van der Waals surface area contributed by atoms with Gasteiger partial charge >= 0.3 is 0 Å². The van der Waals surface area contributed by atoms with Crippen LogP contribution >= 0.6 is 11.3 Å². The number of nitrogens with zero attached hydrogens (tertiary/aromatic N) is 1. The zero-order valence-corrected chi connectivity index (χ0v) is 19.4. The van der Waals surface area contributed by atoms with Gasteiger partial charge in [0.15, 0.2) is 0 Å². The van der Waals surface area contributed by atoms with Crippen LogP contribution in [0.25, 0.3) is 0 Å². The summed E-state index contributed by atoms with van der Waals surface area (Å²) in [5.74, 6) is 1.76. The SMILES string of the molecule is COc1cc(CC(=O)Nc2sc3c(c2C)CN(CC2CCCCC2)CC3)ccc1C. The molecule has 1 fully saturated rings. The first-order valence-electron chi connectivity index (χ1n) is 11.3. The fraction of sp³-hybridized carbons (Fsp3) is 0.560. The van der Waals surface area contributed by atoms with Crippen molar-refractivity contribution in [3.63, 3.8) is 0 Å². The largest absolute Gasteiger partial charge is 0.496 e. The minimum absolute atomic E-state index is 0.0432. The lowest BCUT2D eigenvalue weighted by molar-refractivity contribution is -0.115. The zero-order chi connectivity index (χ0) is 21.1. The summed E-state index contributed by atoms with van der Waals surface area (Å²) in [5.41, 5.74) is 4.78. The Hall–Kier alpha value is -1.85. The molecule has 1 saturated carbocycles. The Morgan fingerprint density at radius 3 is 2.80 bits per heavy atom. The highest BCUT2D eigenvalue weighted by Gasteiger charge is 2.25. The molecule has 1 amide bonds.